The molecule has 0 saturated carbocycles. The lowest BCUT2D eigenvalue weighted by Gasteiger charge is -2.39. The first kappa shape index (κ1) is 15.4. The number of nitrogens with one attached hydrogen (secondary N) is 1. The van der Waals surface area contributed by atoms with E-state index in [4.69, 9.17) is 4.74 Å². The summed E-state index contributed by atoms with van der Waals surface area (Å²) in [4.78, 5) is 2.47. The summed E-state index contributed by atoms with van der Waals surface area (Å²) < 4.78 is 5.43. The van der Waals surface area contributed by atoms with Crippen LogP contribution in [0.4, 0.5) is 0 Å². The first-order chi connectivity index (χ1) is 11.2. The smallest absolute Gasteiger partial charge is 0.0904 e. The molecular formula is C19H28N2O2. The monoisotopic (exact) mass is 316 g/mol. The van der Waals surface area contributed by atoms with Gasteiger partial charge >= 0.3 is 0 Å². The van der Waals surface area contributed by atoms with Gasteiger partial charge in [0.15, 0.2) is 0 Å². The van der Waals surface area contributed by atoms with Crippen molar-refractivity contribution in [3.63, 3.8) is 0 Å². The number of fused-ring (bicyclic) bond motifs is 1. The van der Waals surface area contributed by atoms with Crippen LogP contribution in [0.1, 0.15) is 38.5 Å². The minimum Gasteiger partial charge on any atom is -0.385 e. The zero-order valence-corrected chi connectivity index (χ0v) is 13.8. The van der Waals surface area contributed by atoms with Crippen molar-refractivity contribution in [2.24, 2.45) is 0 Å². The normalized spacial score (nSPS) is 32.7. The average molecular weight is 316 g/mol. The van der Waals surface area contributed by atoms with Crippen LogP contribution >= 0.6 is 0 Å². The fraction of sp³-hybridized carbons (Fsp3) is 0.684. The molecule has 0 spiro atoms. The van der Waals surface area contributed by atoms with Gasteiger partial charge in [0, 0.05) is 38.6 Å². The van der Waals surface area contributed by atoms with Gasteiger partial charge in [-0.25, -0.2) is 0 Å². The van der Waals surface area contributed by atoms with E-state index in [1.165, 1.54) is 37.0 Å². The highest BCUT2D eigenvalue weighted by molar-refractivity contribution is 5.42. The lowest BCUT2D eigenvalue weighted by molar-refractivity contribution is -0.0422. The van der Waals surface area contributed by atoms with Crippen LogP contribution < -0.4 is 5.32 Å². The van der Waals surface area contributed by atoms with Crippen molar-refractivity contribution < 1.29 is 9.84 Å². The van der Waals surface area contributed by atoms with E-state index >= 15 is 0 Å². The molecule has 0 aromatic heterocycles. The summed E-state index contributed by atoms with van der Waals surface area (Å²) >= 11 is 0. The first-order valence-corrected chi connectivity index (χ1v) is 9.13. The minimum atomic E-state index is -0.651. The molecule has 126 valence electrons. The zero-order chi connectivity index (χ0) is 15.7. The Morgan fingerprint density at radius 3 is 2.96 bits per heavy atom. The van der Waals surface area contributed by atoms with Crippen LogP contribution in [-0.4, -0.2) is 54.0 Å². The van der Waals surface area contributed by atoms with Gasteiger partial charge in [0.2, 0.25) is 0 Å². The summed E-state index contributed by atoms with van der Waals surface area (Å²) in [6, 6.07) is 1.11. The van der Waals surface area contributed by atoms with Gasteiger partial charge in [-0.1, -0.05) is 12.2 Å². The van der Waals surface area contributed by atoms with E-state index in [0.29, 0.717) is 25.3 Å². The second-order valence-electron chi connectivity index (χ2n) is 7.36. The zero-order valence-electron chi connectivity index (χ0n) is 13.8. The van der Waals surface area contributed by atoms with Gasteiger partial charge in [0.05, 0.1) is 11.6 Å². The first-order valence-electron chi connectivity index (χ1n) is 9.13. The molecule has 2 N–H and O–H groups in total. The molecule has 3 aliphatic heterocycles. The second kappa shape index (κ2) is 6.42. The molecule has 3 heterocycles. The highest BCUT2D eigenvalue weighted by atomic mass is 16.5. The maximum Gasteiger partial charge on any atom is 0.0904 e. The standard InChI is InChI=1S/C19H28N2O2/c22-19(7-12-23-13-8-19)16-4-3-15-5-10-21(18(15)14-16)11-6-17-2-1-9-20-17/h3-5,10,17-18,20,22H,1-2,6-9,11-14H2. The van der Waals surface area contributed by atoms with E-state index < -0.39 is 5.60 Å². The van der Waals surface area contributed by atoms with Crippen LogP contribution in [0.25, 0.3) is 0 Å². The average Bonchev–Trinajstić information content (AvgIpc) is 3.22. The van der Waals surface area contributed by atoms with E-state index in [-0.39, 0.29) is 0 Å². The van der Waals surface area contributed by atoms with Crippen molar-refractivity contribution in [3.8, 4) is 0 Å². The Hall–Kier alpha value is -1.10. The Morgan fingerprint density at radius 1 is 1.30 bits per heavy atom. The summed E-state index contributed by atoms with van der Waals surface area (Å²) in [6.45, 7) is 3.62. The Kier molecular flexibility index (Phi) is 4.31. The minimum absolute atomic E-state index is 0.420. The molecule has 0 bridgehead atoms. The number of ether oxygens (including phenoxy) is 1. The molecule has 0 amide bonds. The van der Waals surface area contributed by atoms with Crippen molar-refractivity contribution >= 4 is 0 Å². The topological polar surface area (TPSA) is 44.7 Å². The van der Waals surface area contributed by atoms with Crippen LogP contribution in [-0.2, 0) is 4.74 Å². The number of aliphatic hydroxyl groups is 1. The highest BCUT2D eigenvalue weighted by Gasteiger charge is 2.38. The number of rotatable bonds is 4. The van der Waals surface area contributed by atoms with Crippen molar-refractivity contribution in [3.05, 3.63) is 35.6 Å². The Labute approximate surface area is 138 Å². The van der Waals surface area contributed by atoms with Crippen LogP contribution in [0, 0.1) is 0 Å². The van der Waals surface area contributed by atoms with Gasteiger partial charge in [-0.3, -0.25) is 0 Å². The Bertz CT molecular complexity index is 525. The van der Waals surface area contributed by atoms with Gasteiger partial charge in [0.1, 0.15) is 0 Å². The number of hydrogen-bond acceptors (Lipinski definition) is 4. The van der Waals surface area contributed by atoms with Gasteiger partial charge in [-0.05, 0) is 55.7 Å². The van der Waals surface area contributed by atoms with Gasteiger partial charge in [-0.2, -0.15) is 0 Å². The van der Waals surface area contributed by atoms with E-state index in [1.807, 2.05) is 0 Å². The van der Waals surface area contributed by atoms with Crippen molar-refractivity contribution in [1.82, 2.24) is 10.2 Å². The molecular weight excluding hydrogens is 288 g/mol. The predicted octanol–water partition coefficient (Wildman–Crippen LogP) is 2.12. The molecule has 4 heteroatoms. The quantitative estimate of drug-likeness (QED) is 0.834. The summed E-state index contributed by atoms with van der Waals surface area (Å²) in [7, 11) is 0. The summed E-state index contributed by atoms with van der Waals surface area (Å²) in [5.74, 6) is 0. The lowest BCUT2D eigenvalue weighted by atomic mass is 9.79. The molecule has 2 saturated heterocycles. The molecule has 4 rings (SSSR count). The van der Waals surface area contributed by atoms with Crippen molar-refractivity contribution in [2.45, 2.75) is 56.2 Å². The van der Waals surface area contributed by atoms with Crippen molar-refractivity contribution in [1.29, 1.82) is 0 Å². The fourth-order valence-electron chi connectivity index (χ4n) is 4.38. The maximum absolute atomic E-state index is 11.0. The van der Waals surface area contributed by atoms with Crippen LogP contribution in [0.3, 0.4) is 0 Å². The van der Waals surface area contributed by atoms with E-state index in [0.717, 1.165) is 25.8 Å². The Balaban J connectivity index is 1.40. The van der Waals surface area contributed by atoms with E-state index in [1.54, 1.807) is 0 Å². The van der Waals surface area contributed by atoms with Crippen LogP contribution in [0.5, 0.6) is 0 Å². The third-order valence-corrected chi connectivity index (χ3v) is 5.95. The molecule has 0 radical (unpaired) electrons. The Morgan fingerprint density at radius 2 is 2.17 bits per heavy atom. The molecule has 1 aliphatic carbocycles. The third kappa shape index (κ3) is 3.12. The molecule has 2 fully saturated rings. The number of nitrogens with zero attached hydrogens (tertiary/aromatic N) is 1. The molecule has 2 unspecified atom stereocenters. The molecule has 0 aromatic rings. The summed E-state index contributed by atoms with van der Waals surface area (Å²) in [5.41, 5.74) is 1.94. The van der Waals surface area contributed by atoms with E-state index in [2.05, 4.69) is 34.6 Å². The van der Waals surface area contributed by atoms with Crippen LogP contribution in [0.2, 0.25) is 0 Å². The largest absolute Gasteiger partial charge is 0.385 e. The van der Waals surface area contributed by atoms with Gasteiger partial charge in [0.25, 0.3) is 0 Å². The third-order valence-electron chi connectivity index (χ3n) is 5.95. The highest BCUT2D eigenvalue weighted by Crippen LogP contribution is 2.38. The summed E-state index contributed by atoms with van der Waals surface area (Å²) in [6.07, 6.45) is 15.1. The van der Waals surface area contributed by atoms with Crippen molar-refractivity contribution in [2.75, 3.05) is 26.3 Å². The SMILES string of the molecule is OC1(C2=CC=C3C=CN(CCC4CCCN4)C3C2)CCOCC1. The molecule has 4 nitrogen and oxygen atoms in total. The lowest BCUT2D eigenvalue weighted by Crippen LogP contribution is -2.42. The maximum atomic E-state index is 11.0. The molecule has 23 heavy (non-hydrogen) atoms. The molecule has 2 atom stereocenters. The summed E-state index contributed by atoms with van der Waals surface area (Å²) in [5, 5.41) is 14.6. The molecule has 0 aromatic carbocycles. The predicted molar refractivity (Wildman–Crippen MR) is 91.1 cm³/mol. The molecule has 4 aliphatic rings. The number of hydrogen-bond donors (Lipinski definition) is 2. The van der Waals surface area contributed by atoms with E-state index in [9.17, 15) is 5.11 Å². The second-order valence-corrected chi connectivity index (χ2v) is 7.36. The van der Waals surface area contributed by atoms with Gasteiger partial charge < -0.3 is 20.1 Å². The fourth-order valence-corrected chi connectivity index (χ4v) is 4.38. The van der Waals surface area contributed by atoms with Gasteiger partial charge in [-0.15, -0.1) is 0 Å². The number of allylic oxidation sites excluding steroid dienone is 2. The van der Waals surface area contributed by atoms with Crippen LogP contribution in [0.15, 0.2) is 35.6 Å².